The molecule has 5 amide bonds. The van der Waals surface area contributed by atoms with Crippen molar-refractivity contribution in [1.82, 2.24) is 21.3 Å². The van der Waals surface area contributed by atoms with Gasteiger partial charge in [0.05, 0.1) is 12.5 Å². The first-order valence-electron chi connectivity index (χ1n) is 14.9. The number of carbonyl (C=O) groups is 6. The molecule has 0 spiro atoms. The highest BCUT2D eigenvalue weighted by Crippen LogP contribution is 2.09. The van der Waals surface area contributed by atoms with Gasteiger partial charge in [0.2, 0.25) is 29.4 Å². The average molecular weight is 628 g/mol. The average Bonchev–Trinajstić information content (AvgIpc) is 3.00. The first kappa shape index (κ1) is 35.2. The first-order valence-corrected chi connectivity index (χ1v) is 14.9. The van der Waals surface area contributed by atoms with Gasteiger partial charge in [-0.2, -0.15) is 0 Å². The summed E-state index contributed by atoms with van der Waals surface area (Å²) in [5.74, 6) is -4.65. The molecule has 0 aromatic heterocycles. The normalized spacial score (nSPS) is 13.0. The van der Waals surface area contributed by atoms with Gasteiger partial charge in [0, 0.05) is 12.8 Å². The number of aryl methyl sites for hydroxylation is 1. The number of amides is 5. The zero-order chi connectivity index (χ0) is 33.9. The third kappa shape index (κ3) is 10.7. The molecule has 0 bridgehead atoms. The summed E-state index contributed by atoms with van der Waals surface area (Å²) in [5, 5.41) is 10.2. The summed E-state index contributed by atoms with van der Waals surface area (Å²) < 4.78 is 0. The third-order valence-corrected chi connectivity index (χ3v) is 7.31. The molecule has 0 saturated carbocycles. The molecular formula is C35H41N5O6. The van der Waals surface area contributed by atoms with Gasteiger partial charge < -0.3 is 27.0 Å². The molecule has 0 radical (unpaired) electrons. The first-order chi connectivity index (χ1) is 21.7. The van der Waals surface area contributed by atoms with Crippen molar-refractivity contribution < 1.29 is 28.8 Å². The standard InChI is InChI=1S/C35H41N5O6/c1-22-12-11-17-26(18-22)21-29(41)38-27(19-24-13-7-5-8-14-24)31(43)37-23(2)30(42)33(45)39-28(20-25-15-9-6-10-16-25)32(44)40-35(3,4)34(36)46/h5-18,23,27-28H,19-21H2,1-4H3,(H2,36,46)(H,37,43)(H,38,41)(H,39,45)(H,40,44)/t23?,27-,28-/m0/s1. The number of Topliss-reactive ketones (excluding diaryl/α,β-unsaturated/α-hetero) is 1. The van der Waals surface area contributed by atoms with E-state index in [1.54, 1.807) is 30.3 Å². The van der Waals surface area contributed by atoms with E-state index in [0.717, 1.165) is 16.7 Å². The van der Waals surface area contributed by atoms with Gasteiger partial charge in [-0.1, -0.05) is 90.5 Å². The van der Waals surface area contributed by atoms with Crippen LogP contribution in [0.2, 0.25) is 0 Å². The van der Waals surface area contributed by atoms with Crippen LogP contribution in [-0.2, 0) is 48.0 Å². The molecule has 0 heterocycles. The molecule has 242 valence electrons. The van der Waals surface area contributed by atoms with E-state index < -0.39 is 53.1 Å². The number of nitrogens with one attached hydrogen (secondary N) is 4. The fourth-order valence-corrected chi connectivity index (χ4v) is 4.63. The monoisotopic (exact) mass is 627 g/mol. The Labute approximate surface area is 268 Å². The quantitative estimate of drug-likeness (QED) is 0.159. The lowest BCUT2D eigenvalue weighted by Crippen LogP contribution is -2.60. The maximum Gasteiger partial charge on any atom is 0.290 e. The Morgan fingerprint density at radius 2 is 1.22 bits per heavy atom. The van der Waals surface area contributed by atoms with Gasteiger partial charge in [-0.05, 0) is 44.4 Å². The van der Waals surface area contributed by atoms with Crippen LogP contribution in [-0.4, -0.2) is 59.0 Å². The van der Waals surface area contributed by atoms with Crippen LogP contribution in [0.15, 0.2) is 84.9 Å². The molecule has 3 rings (SSSR count). The predicted octanol–water partition coefficient (Wildman–Crippen LogP) is 1.45. The summed E-state index contributed by atoms with van der Waals surface area (Å²) in [6, 6.07) is 21.8. The minimum Gasteiger partial charge on any atom is -0.368 e. The molecule has 0 aliphatic rings. The molecular weight excluding hydrogens is 586 g/mol. The van der Waals surface area contributed by atoms with Crippen molar-refractivity contribution in [3.05, 3.63) is 107 Å². The van der Waals surface area contributed by atoms with Crippen molar-refractivity contribution in [2.24, 2.45) is 5.73 Å². The Morgan fingerprint density at radius 3 is 1.74 bits per heavy atom. The van der Waals surface area contributed by atoms with Crippen LogP contribution in [0, 0.1) is 6.92 Å². The zero-order valence-electron chi connectivity index (χ0n) is 26.5. The van der Waals surface area contributed by atoms with Gasteiger partial charge in [0.1, 0.15) is 17.6 Å². The van der Waals surface area contributed by atoms with E-state index in [2.05, 4.69) is 21.3 Å². The molecule has 6 N–H and O–H groups in total. The van der Waals surface area contributed by atoms with Crippen LogP contribution in [0.25, 0.3) is 0 Å². The minimum atomic E-state index is -1.42. The summed E-state index contributed by atoms with van der Waals surface area (Å²) in [6.45, 7) is 6.10. The molecule has 0 aliphatic heterocycles. The number of carbonyl (C=O) groups excluding carboxylic acids is 6. The van der Waals surface area contributed by atoms with E-state index in [0.29, 0.717) is 5.56 Å². The summed E-state index contributed by atoms with van der Waals surface area (Å²) in [7, 11) is 0. The van der Waals surface area contributed by atoms with Crippen molar-refractivity contribution in [3.63, 3.8) is 0 Å². The van der Waals surface area contributed by atoms with Gasteiger partial charge >= 0.3 is 0 Å². The van der Waals surface area contributed by atoms with Crippen LogP contribution in [0.3, 0.4) is 0 Å². The fraction of sp³-hybridized carbons (Fsp3) is 0.314. The highest BCUT2D eigenvalue weighted by Gasteiger charge is 2.34. The van der Waals surface area contributed by atoms with Gasteiger partial charge in [0.15, 0.2) is 0 Å². The SMILES string of the molecule is Cc1cccc(CC(=O)N[C@@H](Cc2ccccc2)C(=O)NC(C)C(=O)C(=O)N[C@@H](Cc2ccccc2)C(=O)NC(C)(C)C(N)=O)c1. The van der Waals surface area contributed by atoms with E-state index in [4.69, 9.17) is 5.73 Å². The van der Waals surface area contributed by atoms with Crippen molar-refractivity contribution in [2.45, 2.75) is 70.6 Å². The molecule has 0 aliphatic carbocycles. The molecule has 11 nitrogen and oxygen atoms in total. The van der Waals surface area contributed by atoms with Crippen LogP contribution in [0.1, 0.15) is 43.0 Å². The molecule has 0 fully saturated rings. The van der Waals surface area contributed by atoms with Crippen LogP contribution < -0.4 is 27.0 Å². The van der Waals surface area contributed by atoms with Crippen molar-refractivity contribution in [3.8, 4) is 0 Å². The summed E-state index contributed by atoms with van der Waals surface area (Å²) in [6.07, 6.45) is 0.219. The highest BCUT2D eigenvalue weighted by atomic mass is 16.2. The topological polar surface area (TPSA) is 177 Å². The third-order valence-electron chi connectivity index (χ3n) is 7.31. The molecule has 3 aromatic rings. The molecule has 3 aromatic carbocycles. The Morgan fingerprint density at radius 1 is 0.696 bits per heavy atom. The number of rotatable bonds is 15. The molecule has 46 heavy (non-hydrogen) atoms. The van der Waals surface area contributed by atoms with Crippen LogP contribution in [0.4, 0.5) is 0 Å². The molecule has 1 unspecified atom stereocenters. The van der Waals surface area contributed by atoms with Crippen molar-refractivity contribution >= 4 is 35.3 Å². The van der Waals surface area contributed by atoms with Gasteiger partial charge in [-0.3, -0.25) is 28.8 Å². The van der Waals surface area contributed by atoms with E-state index in [-0.39, 0.29) is 25.2 Å². The number of benzene rings is 3. The van der Waals surface area contributed by atoms with Gasteiger partial charge in [-0.25, -0.2) is 0 Å². The molecule has 3 atom stereocenters. The predicted molar refractivity (Wildman–Crippen MR) is 173 cm³/mol. The summed E-state index contributed by atoms with van der Waals surface area (Å²) in [4.78, 5) is 77.5. The Balaban J connectivity index is 1.72. The second-order valence-corrected chi connectivity index (χ2v) is 11.8. The lowest BCUT2D eigenvalue weighted by Gasteiger charge is -2.26. The summed E-state index contributed by atoms with van der Waals surface area (Å²) in [5.41, 5.74) is 7.23. The van der Waals surface area contributed by atoms with Gasteiger partial charge in [-0.15, -0.1) is 0 Å². The number of hydrogen-bond donors (Lipinski definition) is 5. The largest absolute Gasteiger partial charge is 0.368 e. The Bertz CT molecular complexity index is 1560. The molecule has 0 saturated heterocycles. The molecule has 11 heteroatoms. The lowest BCUT2D eigenvalue weighted by atomic mass is 10.0. The van der Waals surface area contributed by atoms with E-state index in [1.807, 2.05) is 61.5 Å². The number of nitrogens with two attached hydrogens (primary N) is 1. The van der Waals surface area contributed by atoms with E-state index in [1.165, 1.54) is 20.8 Å². The fourth-order valence-electron chi connectivity index (χ4n) is 4.63. The van der Waals surface area contributed by atoms with Crippen LogP contribution in [0.5, 0.6) is 0 Å². The van der Waals surface area contributed by atoms with E-state index >= 15 is 0 Å². The minimum absolute atomic E-state index is 0.0212. The maximum absolute atomic E-state index is 13.4. The van der Waals surface area contributed by atoms with Crippen molar-refractivity contribution in [1.29, 1.82) is 0 Å². The zero-order valence-corrected chi connectivity index (χ0v) is 26.5. The van der Waals surface area contributed by atoms with E-state index in [9.17, 15) is 28.8 Å². The maximum atomic E-state index is 13.4. The Kier molecular flexibility index (Phi) is 12.3. The second kappa shape index (κ2) is 16.1. The Hall–Kier alpha value is -5.32. The van der Waals surface area contributed by atoms with Crippen molar-refractivity contribution in [2.75, 3.05) is 0 Å². The lowest BCUT2D eigenvalue weighted by molar-refractivity contribution is -0.141. The van der Waals surface area contributed by atoms with Gasteiger partial charge in [0.25, 0.3) is 5.91 Å². The number of primary amides is 1. The number of ketones is 1. The smallest absolute Gasteiger partial charge is 0.290 e. The number of hydrogen-bond acceptors (Lipinski definition) is 6. The van der Waals surface area contributed by atoms with Crippen LogP contribution >= 0.6 is 0 Å². The second-order valence-electron chi connectivity index (χ2n) is 11.8. The highest BCUT2D eigenvalue weighted by molar-refractivity contribution is 6.38. The summed E-state index contributed by atoms with van der Waals surface area (Å²) >= 11 is 0.